The smallest absolute Gasteiger partial charge is 0.224 e. The number of nitrogens with zero attached hydrogens (tertiary/aromatic N) is 3. The Balaban J connectivity index is 2.06. The third-order valence-electron chi connectivity index (χ3n) is 3.40. The van der Waals surface area contributed by atoms with Crippen molar-refractivity contribution in [1.82, 2.24) is 19.9 Å². The van der Waals surface area contributed by atoms with Gasteiger partial charge in [-0.25, -0.2) is 4.98 Å². The molecule has 19 heavy (non-hydrogen) atoms. The van der Waals surface area contributed by atoms with Gasteiger partial charge in [0.25, 0.3) is 0 Å². The van der Waals surface area contributed by atoms with Crippen molar-refractivity contribution in [1.29, 1.82) is 0 Å². The van der Waals surface area contributed by atoms with Crippen LogP contribution in [0.1, 0.15) is 39.5 Å². The molecule has 0 aliphatic rings. The summed E-state index contributed by atoms with van der Waals surface area (Å²) >= 11 is 0. The molecule has 0 bridgehead atoms. The number of fused-ring (bicyclic) bond motifs is 1. The van der Waals surface area contributed by atoms with Crippen LogP contribution in [-0.4, -0.2) is 26.5 Å². The topological polar surface area (TPSA) is 92.5 Å². The molecular formula is C13H22N6. The van der Waals surface area contributed by atoms with Crippen molar-refractivity contribution in [2.24, 2.45) is 5.92 Å². The van der Waals surface area contributed by atoms with Gasteiger partial charge in [0, 0.05) is 6.54 Å². The number of anilines is 2. The molecule has 0 aromatic carbocycles. The van der Waals surface area contributed by atoms with Crippen molar-refractivity contribution in [3.63, 3.8) is 0 Å². The Hall–Kier alpha value is -1.85. The van der Waals surface area contributed by atoms with Gasteiger partial charge in [0.2, 0.25) is 5.95 Å². The molecule has 0 saturated heterocycles. The van der Waals surface area contributed by atoms with Gasteiger partial charge in [0.1, 0.15) is 5.52 Å². The Morgan fingerprint density at radius 2 is 2.21 bits per heavy atom. The molecule has 0 aliphatic carbocycles. The molecule has 1 unspecified atom stereocenters. The predicted molar refractivity (Wildman–Crippen MR) is 77.9 cm³/mol. The van der Waals surface area contributed by atoms with E-state index in [0.29, 0.717) is 11.6 Å². The van der Waals surface area contributed by atoms with Gasteiger partial charge in [-0.15, -0.1) is 0 Å². The standard InChI is InChI=1S/C13H22N6/c1-3-5-6-9(4-2)7-15-11-10-12(17-8-16-10)19-13(14)18-11/h8-9H,3-7H2,1-2H3,(H4,14,15,16,17,18,19). The first kappa shape index (κ1) is 13.6. The molecule has 0 amide bonds. The molecule has 2 rings (SSSR count). The average molecular weight is 262 g/mol. The normalized spacial score (nSPS) is 12.7. The minimum atomic E-state index is 0.253. The molecule has 0 saturated carbocycles. The van der Waals surface area contributed by atoms with E-state index in [2.05, 4.69) is 39.1 Å². The highest BCUT2D eigenvalue weighted by Crippen LogP contribution is 2.19. The van der Waals surface area contributed by atoms with E-state index in [0.717, 1.165) is 17.9 Å². The molecule has 6 heteroatoms. The highest BCUT2D eigenvalue weighted by atomic mass is 15.1. The van der Waals surface area contributed by atoms with Gasteiger partial charge < -0.3 is 16.0 Å². The zero-order chi connectivity index (χ0) is 13.7. The lowest BCUT2D eigenvalue weighted by atomic mass is 9.99. The number of aromatic amines is 1. The van der Waals surface area contributed by atoms with Crippen molar-refractivity contribution < 1.29 is 0 Å². The Morgan fingerprint density at radius 1 is 1.37 bits per heavy atom. The fourth-order valence-electron chi connectivity index (χ4n) is 2.16. The second kappa shape index (κ2) is 6.36. The van der Waals surface area contributed by atoms with Crippen LogP contribution in [0.2, 0.25) is 0 Å². The monoisotopic (exact) mass is 262 g/mol. The van der Waals surface area contributed by atoms with Crippen molar-refractivity contribution in [3.8, 4) is 0 Å². The number of imidazole rings is 1. The van der Waals surface area contributed by atoms with Crippen molar-refractivity contribution in [2.45, 2.75) is 39.5 Å². The lowest BCUT2D eigenvalue weighted by Gasteiger charge is -2.15. The molecule has 6 nitrogen and oxygen atoms in total. The zero-order valence-corrected chi connectivity index (χ0v) is 11.6. The number of nitrogen functional groups attached to an aromatic ring is 1. The van der Waals surface area contributed by atoms with E-state index in [-0.39, 0.29) is 5.95 Å². The van der Waals surface area contributed by atoms with E-state index >= 15 is 0 Å². The van der Waals surface area contributed by atoms with Crippen LogP contribution in [-0.2, 0) is 0 Å². The molecule has 0 radical (unpaired) electrons. The average Bonchev–Trinajstić information content (AvgIpc) is 2.86. The summed E-state index contributed by atoms with van der Waals surface area (Å²) in [5.41, 5.74) is 7.11. The van der Waals surface area contributed by atoms with Gasteiger partial charge in [-0.3, -0.25) is 0 Å². The summed E-state index contributed by atoms with van der Waals surface area (Å²) in [5.74, 6) is 1.66. The summed E-state index contributed by atoms with van der Waals surface area (Å²) in [6, 6.07) is 0. The highest BCUT2D eigenvalue weighted by Gasteiger charge is 2.10. The van der Waals surface area contributed by atoms with Crippen LogP contribution in [0.25, 0.3) is 11.2 Å². The zero-order valence-electron chi connectivity index (χ0n) is 11.6. The van der Waals surface area contributed by atoms with Crippen LogP contribution >= 0.6 is 0 Å². The first-order valence-electron chi connectivity index (χ1n) is 6.95. The van der Waals surface area contributed by atoms with Crippen LogP contribution < -0.4 is 11.1 Å². The van der Waals surface area contributed by atoms with E-state index in [1.54, 1.807) is 6.33 Å². The number of nitrogens with two attached hydrogens (primary N) is 1. The van der Waals surface area contributed by atoms with Crippen LogP contribution in [0.3, 0.4) is 0 Å². The number of nitrogens with one attached hydrogen (secondary N) is 2. The third kappa shape index (κ3) is 3.33. The van der Waals surface area contributed by atoms with Gasteiger partial charge in [-0.2, -0.15) is 9.97 Å². The fourth-order valence-corrected chi connectivity index (χ4v) is 2.16. The molecular weight excluding hydrogens is 240 g/mol. The Bertz CT molecular complexity index is 521. The maximum absolute atomic E-state index is 5.69. The SMILES string of the molecule is CCCCC(CC)CNc1nc(N)nc2nc[nH]c12. The lowest BCUT2D eigenvalue weighted by Crippen LogP contribution is -2.15. The summed E-state index contributed by atoms with van der Waals surface area (Å²) in [6.07, 6.45) is 6.53. The largest absolute Gasteiger partial charge is 0.368 e. The maximum Gasteiger partial charge on any atom is 0.224 e. The molecule has 2 heterocycles. The molecule has 0 spiro atoms. The van der Waals surface area contributed by atoms with Gasteiger partial charge in [-0.1, -0.05) is 33.1 Å². The molecule has 0 fully saturated rings. The quantitative estimate of drug-likeness (QED) is 0.713. The highest BCUT2D eigenvalue weighted by molar-refractivity contribution is 5.83. The second-order valence-corrected chi connectivity index (χ2v) is 4.83. The first-order valence-corrected chi connectivity index (χ1v) is 6.95. The van der Waals surface area contributed by atoms with E-state index in [1.165, 1.54) is 25.7 Å². The van der Waals surface area contributed by atoms with Crippen molar-refractivity contribution in [3.05, 3.63) is 6.33 Å². The first-order chi connectivity index (χ1) is 9.24. The summed E-state index contributed by atoms with van der Waals surface area (Å²) in [6.45, 7) is 5.35. The van der Waals surface area contributed by atoms with E-state index in [4.69, 9.17) is 5.73 Å². The van der Waals surface area contributed by atoms with Gasteiger partial charge in [0.15, 0.2) is 11.5 Å². The van der Waals surface area contributed by atoms with E-state index in [1.807, 2.05) is 0 Å². The number of unbranched alkanes of at least 4 members (excludes halogenated alkanes) is 1. The van der Waals surface area contributed by atoms with Crippen molar-refractivity contribution in [2.75, 3.05) is 17.6 Å². The van der Waals surface area contributed by atoms with Crippen molar-refractivity contribution >= 4 is 22.9 Å². The van der Waals surface area contributed by atoms with Gasteiger partial charge >= 0.3 is 0 Å². The third-order valence-corrected chi connectivity index (χ3v) is 3.40. The minimum Gasteiger partial charge on any atom is -0.368 e. The number of H-pyrrole nitrogens is 1. The summed E-state index contributed by atoms with van der Waals surface area (Å²) in [7, 11) is 0. The molecule has 2 aromatic rings. The number of hydrogen-bond donors (Lipinski definition) is 3. The molecule has 104 valence electrons. The Kier molecular flexibility index (Phi) is 4.54. The fraction of sp³-hybridized carbons (Fsp3) is 0.615. The number of rotatable bonds is 7. The summed E-state index contributed by atoms with van der Waals surface area (Å²) in [4.78, 5) is 15.5. The Labute approximate surface area is 113 Å². The minimum absolute atomic E-state index is 0.253. The number of aromatic nitrogens is 4. The summed E-state index contributed by atoms with van der Waals surface area (Å²) in [5, 5.41) is 3.37. The van der Waals surface area contributed by atoms with Crippen LogP contribution in [0.4, 0.5) is 11.8 Å². The molecule has 0 aliphatic heterocycles. The lowest BCUT2D eigenvalue weighted by molar-refractivity contribution is 0.472. The van der Waals surface area contributed by atoms with Crippen LogP contribution in [0.15, 0.2) is 6.33 Å². The molecule has 2 aromatic heterocycles. The van der Waals surface area contributed by atoms with Gasteiger partial charge in [-0.05, 0) is 12.3 Å². The van der Waals surface area contributed by atoms with Crippen LogP contribution in [0.5, 0.6) is 0 Å². The predicted octanol–water partition coefficient (Wildman–Crippen LogP) is 2.56. The number of hydrogen-bond acceptors (Lipinski definition) is 5. The summed E-state index contributed by atoms with van der Waals surface area (Å²) < 4.78 is 0. The van der Waals surface area contributed by atoms with E-state index in [9.17, 15) is 0 Å². The Morgan fingerprint density at radius 3 is 2.95 bits per heavy atom. The second-order valence-electron chi connectivity index (χ2n) is 4.83. The molecule has 1 atom stereocenters. The van der Waals surface area contributed by atoms with Gasteiger partial charge in [0.05, 0.1) is 6.33 Å². The molecule has 4 N–H and O–H groups in total. The van der Waals surface area contributed by atoms with Crippen LogP contribution in [0, 0.1) is 5.92 Å². The van der Waals surface area contributed by atoms with E-state index < -0.39 is 0 Å². The maximum atomic E-state index is 5.69.